The second kappa shape index (κ2) is 8.14. The summed E-state index contributed by atoms with van der Waals surface area (Å²) in [5.74, 6) is 0.708. The predicted octanol–water partition coefficient (Wildman–Crippen LogP) is 4.09. The Labute approximate surface area is 113 Å². The molecule has 4 heteroatoms. The molecule has 100 valence electrons. The topological polar surface area (TPSA) is 50.2 Å². The summed E-state index contributed by atoms with van der Waals surface area (Å²) in [7, 11) is 0. The molecule has 3 nitrogen and oxygen atoms in total. The van der Waals surface area contributed by atoms with Gasteiger partial charge in [-0.25, -0.2) is 9.78 Å². The van der Waals surface area contributed by atoms with Crippen LogP contribution in [0, 0.1) is 5.92 Å². The first-order chi connectivity index (χ1) is 8.69. The fraction of sp³-hybridized carbons (Fsp3) is 0.571. The molecule has 0 aliphatic heterocycles. The third-order valence-electron chi connectivity index (χ3n) is 3.00. The summed E-state index contributed by atoms with van der Waals surface area (Å²) >= 11 is 1.57. The minimum absolute atomic E-state index is 0.313. The quantitative estimate of drug-likeness (QED) is 0.721. The summed E-state index contributed by atoms with van der Waals surface area (Å²) in [6.07, 6.45) is 6.47. The number of thioether (sulfide) groups is 1. The van der Waals surface area contributed by atoms with Gasteiger partial charge < -0.3 is 5.11 Å². The van der Waals surface area contributed by atoms with Crippen molar-refractivity contribution in [3.63, 3.8) is 0 Å². The molecule has 1 N–H and O–H groups in total. The van der Waals surface area contributed by atoms with Crippen LogP contribution in [0.3, 0.4) is 0 Å². The molecule has 1 unspecified atom stereocenters. The molecule has 0 aliphatic rings. The van der Waals surface area contributed by atoms with Crippen molar-refractivity contribution in [2.45, 2.75) is 44.6 Å². The zero-order chi connectivity index (χ0) is 13.4. The second-order valence-electron chi connectivity index (χ2n) is 4.39. The van der Waals surface area contributed by atoms with Crippen LogP contribution < -0.4 is 0 Å². The van der Waals surface area contributed by atoms with Gasteiger partial charge in [-0.1, -0.05) is 33.1 Å². The largest absolute Gasteiger partial charge is 0.478 e. The highest BCUT2D eigenvalue weighted by Gasteiger charge is 2.13. The smallest absolute Gasteiger partial charge is 0.338 e. The Morgan fingerprint density at radius 2 is 2.28 bits per heavy atom. The van der Waals surface area contributed by atoms with E-state index in [4.69, 9.17) is 5.11 Å². The van der Waals surface area contributed by atoms with Gasteiger partial charge in [-0.2, -0.15) is 0 Å². The van der Waals surface area contributed by atoms with Crippen molar-refractivity contribution in [3.8, 4) is 0 Å². The molecule has 18 heavy (non-hydrogen) atoms. The monoisotopic (exact) mass is 267 g/mol. The fourth-order valence-electron chi connectivity index (χ4n) is 1.76. The van der Waals surface area contributed by atoms with Crippen LogP contribution in [0.2, 0.25) is 0 Å². The Morgan fingerprint density at radius 1 is 1.50 bits per heavy atom. The summed E-state index contributed by atoms with van der Waals surface area (Å²) in [5, 5.41) is 9.72. The van der Waals surface area contributed by atoms with Crippen molar-refractivity contribution in [1.82, 2.24) is 4.98 Å². The van der Waals surface area contributed by atoms with Crippen LogP contribution in [0.4, 0.5) is 0 Å². The van der Waals surface area contributed by atoms with E-state index in [0.29, 0.717) is 16.5 Å². The summed E-state index contributed by atoms with van der Waals surface area (Å²) < 4.78 is 0. The van der Waals surface area contributed by atoms with Gasteiger partial charge >= 0.3 is 5.97 Å². The molecule has 1 aromatic heterocycles. The van der Waals surface area contributed by atoms with Gasteiger partial charge in [0.1, 0.15) is 5.03 Å². The Hall–Kier alpha value is -1.03. The van der Waals surface area contributed by atoms with Gasteiger partial charge in [-0.3, -0.25) is 0 Å². The third-order valence-corrected chi connectivity index (χ3v) is 4.24. The van der Waals surface area contributed by atoms with Crippen molar-refractivity contribution >= 4 is 17.7 Å². The van der Waals surface area contributed by atoms with Crippen LogP contribution in [0.1, 0.15) is 49.9 Å². The van der Waals surface area contributed by atoms with E-state index in [0.717, 1.165) is 12.2 Å². The zero-order valence-corrected chi connectivity index (χ0v) is 11.9. The van der Waals surface area contributed by atoms with Gasteiger partial charge in [0.05, 0.1) is 5.56 Å². The maximum absolute atomic E-state index is 11.1. The lowest BCUT2D eigenvalue weighted by Crippen LogP contribution is -2.05. The van der Waals surface area contributed by atoms with Gasteiger partial charge in [0, 0.05) is 11.9 Å². The van der Waals surface area contributed by atoms with E-state index in [9.17, 15) is 4.79 Å². The number of nitrogens with zero attached hydrogens (tertiary/aromatic N) is 1. The number of pyridine rings is 1. The fourth-order valence-corrected chi connectivity index (χ4v) is 3.01. The standard InChI is InChI=1S/C14H21NO2S/c1-3-5-7-11(4-2)10-18-13-12(14(16)17)8-6-9-15-13/h6,8-9,11H,3-5,7,10H2,1-2H3,(H,16,17). The van der Waals surface area contributed by atoms with Gasteiger partial charge in [0.2, 0.25) is 0 Å². The lowest BCUT2D eigenvalue weighted by Gasteiger charge is -2.13. The first-order valence-electron chi connectivity index (χ1n) is 6.50. The minimum Gasteiger partial charge on any atom is -0.478 e. The number of carboxylic acid groups (broad SMARTS) is 1. The number of hydrogen-bond acceptors (Lipinski definition) is 3. The van der Waals surface area contributed by atoms with Gasteiger partial charge in [0.25, 0.3) is 0 Å². The molecule has 0 spiro atoms. The highest BCUT2D eigenvalue weighted by atomic mass is 32.2. The molecule has 1 heterocycles. The second-order valence-corrected chi connectivity index (χ2v) is 5.40. The number of carbonyl (C=O) groups is 1. The normalized spacial score (nSPS) is 12.3. The molecule has 0 radical (unpaired) electrons. The van der Waals surface area contributed by atoms with Gasteiger partial charge in [-0.15, -0.1) is 11.8 Å². The number of aromatic nitrogens is 1. The maximum Gasteiger partial charge on any atom is 0.338 e. The molecule has 0 fully saturated rings. The predicted molar refractivity (Wildman–Crippen MR) is 75.2 cm³/mol. The van der Waals surface area contributed by atoms with Crippen molar-refractivity contribution in [2.24, 2.45) is 5.92 Å². The number of hydrogen-bond donors (Lipinski definition) is 1. The van der Waals surface area contributed by atoms with Crippen molar-refractivity contribution in [3.05, 3.63) is 23.9 Å². The lowest BCUT2D eigenvalue weighted by molar-refractivity contribution is 0.0692. The molecule has 0 amide bonds. The Balaban J connectivity index is 2.59. The molecular weight excluding hydrogens is 246 g/mol. The summed E-state index contributed by atoms with van der Waals surface area (Å²) in [5.41, 5.74) is 0.313. The van der Waals surface area contributed by atoms with Gasteiger partial charge in [0.15, 0.2) is 0 Å². The highest BCUT2D eigenvalue weighted by Crippen LogP contribution is 2.25. The summed E-state index contributed by atoms with van der Waals surface area (Å²) in [6, 6.07) is 3.28. The van der Waals surface area contributed by atoms with E-state index in [2.05, 4.69) is 18.8 Å². The van der Waals surface area contributed by atoms with E-state index in [1.807, 2.05) is 0 Å². The number of rotatable bonds is 8. The molecule has 0 aromatic carbocycles. The SMILES string of the molecule is CCCCC(CC)CSc1ncccc1C(=O)O. The molecule has 0 saturated heterocycles. The van der Waals surface area contributed by atoms with Gasteiger partial charge in [-0.05, 0) is 24.5 Å². The molecule has 1 atom stereocenters. The first-order valence-corrected chi connectivity index (χ1v) is 7.48. The van der Waals surface area contributed by atoms with E-state index in [-0.39, 0.29) is 0 Å². The average molecular weight is 267 g/mol. The molecule has 1 rings (SSSR count). The number of unbranched alkanes of at least 4 members (excludes halogenated alkanes) is 1. The van der Waals surface area contributed by atoms with Crippen molar-refractivity contribution in [1.29, 1.82) is 0 Å². The summed E-state index contributed by atoms with van der Waals surface area (Å²) in [4.78, 5) is 15.2. The van der Waals surface area contributed by atoms with Crippen molar-refractivity contribution in [2.75, 3.05) is 5.75 Å². The molecule has 0 saturated carbocycles. The third kappa shape index (κ3) is 4.69. The first kappa shape index (κ1) is 15.0. The average Bonchev–Trinajstić information content (AvgIpc) is 2.39. The highest BCUT2D eigenvalue weighted by molar-refractivity contribution is 7.99. The Bertz CT molecular complexity index is 382. The van der Waals surface area contributed by atoms with E-state index < -0.39 is 5.97 Å². The number of aromatic carboxylic acids is 1. The van der Waals surface area contributed by atoms with E-state index in [1.54, 1.807) is 30.1 Å². The Kier molecular flexibility index (Phi) is 6.80. The molecule has 1 aromatic rings. The van der Waals surface area contributed by atoms with Crippen LogP contribution in [-0.2, 0) is 0 Å². The van der Waals surface area contributed by atoms with Crippen LogP contribution in [0.25, 0.3) is 0 Å². The van der Waals surface area contributed by atoms with E-state index in [1.165, 1.54) is 19.3 Å². The van der Waals surface area contributed by atoms with Crippen LogP contribution in [0.5, 0.6) is 0 Å². The maximum atomic E-state index is 11.1. The van der Waals surface area contributed by atoms with E-state index >= 15 is 0 Å². The summed E-state index contributed by atoms with van der Waals surface area (Å²) in [6.45, 7) is 4.39. The van der Waals surface area contributed by atoms with Crippen molar-refractivity contribution < 1.29 is 9.90 Å². The van der Waals surface area contributed by atoms with Crippen LogP contribution in [-0.4, -0.2) is 21.8 Å². The van der Waals surface area contributed by atoms with Crippen LogP contribution >= 0.6 is 11.8 Å². The lowest BCUT2D eigenvalue weighted by atomic mass is 10.0. The zero-order valence-electron chi connectivity index (χ0n) is 11.1. The molecular formula is C14H21NO2S. The van der Waals surface area contributed by atoms with Crippen LogP contribution in [0.15, 0.2) is 23.4 Å². The molecule has 0 aliphatic carbocycles. The Morgan fingerprint density at radius 3 is 2.89 bits per heavy atom. The number of carboxylic acids is 1. The molecule has 0 bridgehead atoms. The minimum atomic E-state index is -0.896.